The molecular formula is C22H27N3O2. The molecule has 5 heteroatoms. The molecule has 1 N–H and O–H groups in total. The molecule has 0 spiro atoms. The molecule has 27 heavy (non-hydrogen) atoms. The number of hydrogen-bond donors (Lipinski definition) is 1. The zero-order valence-electron chi connectivity index (χ0n) is 15.9. The lowest BCUT2D eigenvalue weighted by atomic mass is 9.49. The van der Waals surface area contributed by atoms with Crippen molar-refractivity contribution in [3.63, 3.8) is 0 Å². The molecule has 0 saturated heterocycles. The number of amides is 1. The van der Waals surface area contributed by atoms with Gasteiger partial charge in [-0.05, 0) is 61.8 Å². The van der Waals surface area contributed by atoms with E-state index >= 15 is 0 Å². The van der Waals surface area contributed by atoms with Crippen molar-refractivity contribution >= 4 is 5.91 Å². The molecular weight excluding hydrogens is 338 g/mol. The van der Waals surface area contributed by atoms with Crippen LogP contribution in [-0.2, 0) is 11.2 Å². The van der Waals surface area contributed by atoms with Gasteiger partial charge in [0, 0.05) is 18.8 Å². The summed E-state index contributed by atoms with van der Waals surface area (Å²) in [6.45, 7) is 1.79. The van der Waals surface area contributed by atoms with Gasteiger partial charge in [-0.15, -0.1) is 10.2 Å². The third-order valence-corrected chi connectivity index (χ3v) is 6.95. The van der Waals surface area contributed by atoms with Crippen LogP contribution in [0.25, 0.3) is 0 Å². The number of nitrogens with one attached hydrogen (secondary N) is 1. The van der Waals surface area contributed by atoms with Gasteiger partial charge in [0.15, 0.2) is 0 Å². The first-order valence-corrected chi connectivity index (χ1v) is 10.2. The summed E-state index contributed by atoms with van der Waals surface area (Å²) in [6, 6.07) is 9.93. The van der Waals surface area contributed by atoms with Crippen LogP contribution in [0.3, 0.4) is 0 Å². The quantitative estimate of drug-likeness (QED) is 0.870. The van der Waals surface area contributed by atoms with Crippen LogP contribution in [0.1, 0.15) is 61.9 Å². The Labute approximate surface area is 159 Å². The first-order chi connectivity index (χ1) is 13.1. The minimum atomic E-state index is -0.269. The maximum Gasteiger partial charge on any atom is 0.239 e. The number of carbonyl (C=O) groups is 1. The average Bonchev–Trinajstić information content (AvgIpc) is 3.07. The van der Waals surface area contributed by atoms with E-state index in [2.05, 4.69) is 27.6 Å². The Hall–Kier alpha value is -2.17. The van der Waals surface area contributed by atoms with Gasteiger partial charge >= 0.3 is 0 Å². The molecule has 2 aromatic rings. The molecule has 4 aliphatic carbocycles. The maximum absolute atomic E-state index is 13.5. The molecule has 1 atom stereocenters. The second kappa shape index (κ2) is 6.47. The van der Waals surface area contributed by atoms with Crippen molar-refractivity contribution in [1.29, 1.82) is 0 Å². The van der Waals surface area contributed by atoms with E-state index in [0.717, 1.165) is 42.6 Å². The summed E-state index contributed by atoms with van der Waals surface area (Å²) in [7, 11) is 0. The molecule has 4 fully saturated rings. The van der Waals surface area contributed by atoms with Gasteiger partial charge in [0.05, 0.1) is 0 Å². The van der Waals surface area contributed by atoms with Crippen molar-refractivity contribution in [2.75, 3.05) is 0 Å². The predicted octanol–water partition coefficient (Wildman–Crippen LogP) is 3.99. The summed E-state index contributed by atoms with van der Waals surface area (Å²) in [4.78, 5) is 13.5. The number of benzene rings is 1. The highest BCUT2D eigenvalue weighted by Gasteiger charge is 2.54. The van der Waals surface area contributed by atoms with Crippen molar-refractivity contribution < 1.29 is 9.21 Å². The Morgan fingerprint density at radius 1 is 1.11 bits per heavy atom. The largest absolute Gasteiger partial charge is 0.423 e. The predicted molar refractivity (Wildman–Crippen MR) is 101 cm³/mol. The molecule has 1 amide bonds. The fourth-order valence-corrected chi connectivity index (χ4v) is 6.20. The van der Waals surface area contributed by atoms with Crippen molar-refractivity contribution in [1.82, 2.24) is 15.5 Å². The molecule has 1 aromatic carbocycles. The number of aromatic nitrogens is 2. The number of carbonyl (C=O) groups excluding carboxylic acids is 1. The minimum absolute atomic E-state index is 0.168. The topological polar surface area (TPSA) is 68.0 Å². The summed E-state index contributed by atoms with van der Waals surface area (Å²) in [5.74, 6) is 3.50. The SMILES string of the molecule is Cc1nnc(C(Cc2ccccc2)NC(=O)C23CC4CC(CC(C4)C2)C3)o1. The molecule has 4 aliphatic rings. The van der Waals surface area contributed by atoms with Gasteiger partial charge in [0.25, 0.3) is 0 Å². The Kier molecular flexibility index (Phi) is 4.06. The lowest BCUT2D eigenvalue weighted by Crippen LogP contribution is -2.54. The van der Waals surface area contributed by atoms with E-state index in [-0.39, 0.29) is 17.4 Å². The monoisotopic (exact) mass is 365 g/mol. The zero-order chi connectivity index (χ0) is 18.4. The molecule has 4 saturated carbocycles. The highest BCUT2D eigenvalue weighted by Crippen LogP contribution is 2.60. The van der Waals surface area contributed by atoms with Crippen LogP contribution < -0.4 is 5.32 Å². The lowest BCUT2D eigenvalue weighted by Gasteiger charge is -2.55. The van der Waals surface area contributed by atoms with Crippen molar-refractivity contribution in [2.24, 2.45) is 23.2 Å². The van der Waals surface area contributed by atoms with Gasteiger partial charge in [0.2, 0.25) is 17.7 Å². The van der Waals surface area contributed by atoms with E-state index < -0.39 is 0 Å². The van der Waals surface area contributed by atoms with E-state index in [1.165, 1.54) is 19.3 Å². The standard InChI is InChI=1S/C22H27N3O2/c1-14-24-25-20(27-14)19(10-15-5-3-2-4-6-15)23-21(26)22-11-16-7-17(12-22)9-18(8-16)13-22/h2-6,16-19H,7-13H2,1H3,(H,23,26). The number of rotatable bonds is 5. The second-order valence-corrected chi connectivity index (χ2v) is 9.07. The van der Waals surface area contributed by atoms with Crippen molar-refractivity contribution in [2.45, 2.75) is 57.9 Å². The van der Waals surface area contributed by atoms with Gasteiger partial charge < -0.3 is 9.73 Å². The van der Waals surface area contributed by atoms with Crippen LogP contribution in [0.5, 0.6) is 0 Å². The highest BCUT2D eigenvalue weighted by atomic mass is 16.4. The van der Waals surface area contributed by atoms with Gasteiger partial charge in [-0.1, -0.05) is 30.3 Å². The minimum Gasteiger partial charge on any atom is -0.423 e. The van der Waals surface area contributed by atoms with E-state index in [1.54, 1.807) is 6.92 Å². The average molecular weight is 365 g/mol. The Morgan fingerprint density at radius 3 is 2.30 bits per heavy atom. The maximum atomic E-state index is 13.5. The Morgan fingerprint density at radius 2 is 1.74 bits per heavy atom. The Balaban J connectivity index is 1.38. The van der Waals surface area contributed by atoms with Crippen LogP contribution in [0.4, 0.5) is 0 Å². The normalized spacial score (nSPS) is 32.4. The van der Waals surface area contributed by atoms with Crippen LogP contribution in [0, 0.1) is 30.1 Å². The molecule has 1 aromatic heterocycles. The number of hydrogen-bond acceptors (Lipinski definition) is 4. The summed E-state index contributed by atoms with van der Waals surface area (Å²) in [5, 5.41) is 11.5. The number of aryl methyl sites for hydroxylation is 1. The lowest BCUT2D eigenvalue weighted by molar-refractivity contribution is -0.147. The Bertz CT molecular complexity index is 794. The fourth-order valence-electron chi connectivity index (χ4n) is 6.20. The van der Waals surface area contributed by atoms with Crippen LogP contribution in [0.15, 0.2) is 34.7 Å². The summed E-state index contributed by atoms with van der Waals surface area (Å²) in [5.41, 5.74) is 0.989. The molecule has 1 heterocycles. The van der Waals surface area contributed by atoms with Gasteiger partial charge in [-0.3, -0.25) is 4.79 Å². The van der Waals surface area contributed by atoms with Crippen molar-refractivity contribution in [3.8, 4) is 0 Å². The summed E-state index contributed by atoms with van der Waals surface area (Å²) < 4.78 is 5.70. The second-order valence-electron chi connectivity index (χ2n) is 9.07. The first-order valence-electron chi connectivity index (χ1n) is 10.2. The van der Waals surface area contributed by atoms with Crippen LogP contribution >= 0.6 is 0 Å². The summed E-state index contributed by atoms with van der Waals surface area (Å²) in [6.07, 6.45) is 7.86. The van der Waals surface area contributed by atoms with E-state index in [1.807, 2.05) is 18.2 Å². The molecule has 4 bridgehead atoms. The van der Waals surface area contributed by atoms with Gasteiger partial charge in [0.1, 0.15) is 6.04 Å². The van der Waals surface area contributed by atoms with Crippen molar-refractivity contribution in [3.05, 3.63) is 47.7 Å². The molecule has 0 radical (unpaired) electrons. The van der Waals surface area contributed by atoms with Crippen LogP contribution in [-0.4, -0.2) is 16.1 Å². The molecule has 1 unspecified atom stereocenters. The molecule has 5 nitrogen and oxygen atoms in total. The van der Waals surface area contributed by atoms with E-state index in [9.17, 15) is 4.79 Å². The third-order valence-electron chi connectivity index (χ3n) is 6.95. The smallest absolute Gasteiger partial charge is 0.239 e. The van der Waals surface area contributed by atoms with E-state index in [0.29, 0.717) is 18.2 Å². The van der Waals surface area contributed by atoms with Crippen LogP contribution in [0.2, 0.25) is 0 Å². The summed E-state index contributed by atoms with van der Waals surface area (Å²) >= 11 is 0. The third kappa shape index (κ3) is 3.17. The van der Waals surface area contributed by atoms with Gasteiger partial charge in [-0.2, -0.15) is 0 Å². The molecule has 142 valence electrons. The highest BCUT2D eigenvalue weighted by molar-refractivity contribution is 5.83. The van der Waals surface area contributed by atoms with E-state index in [4.69, 9.17) is 4.42 Å². The zero-order valence-corrected chi connectivity index (χ0v) is 15.9. The molecule has 0 aliphatic heterocycles. The number of nitrogens with zero attached hydrogens (tertiary/aromatic N) is 2. The molecule has 6 rings (SSSR count). The fraction of sp³-hybridized carbons (Fsp3) is 0.591. The van der Waals surface area contributed by atoms with Gasteiger partial charge in [-0.25, -0.2) is 0 Å². The first kappa shape index (κ1) is 17.0.